The molecule has 0 aliphatic carbocycles. The molecule has 1 N–H and O–H groups in total. The number of benzene rings is 2. The molecule has 0 spiro atoms. The lowest BCUT2D eigenvalue weighted by Crippen LogP contribution is -2.42. The number of rotatable bonds is 5. The van der Waals surface area contributed by atoms with E-state index in [1.54, 1.807) is 0 Å². The van der Waals surface area contributed by atoms with Gasteiger partial charge >= 0.3 is 0 Å². The van der Waals surface area contributed by atoms with Crippen molar-refractivity contribution in [2.45, 2.75) is 53.0 Å². The Bertz CT molecular complexity index is 585. The summed E-state index contributed by atoms with van der Waals surface area (Å²) in [5.74, 6) is 0. The van der Waals surface area contributed by atoms with Crippen molar-refractivity contribution in [2.24, 2.45) is 5.41 Å². The van der Waals surface area contributed by atoms with E-state index in [4.69, 9.17) is 0 Å². The molecule has 1 nitrogen and oxygen atoms in total. The largest absolute Gasteiger partial charge is 0.312 e. The van der Waals surface area contributed by atoms with Gasteiger partial charge in [0.05, 0.1) is 0 Å². The lowest BCUT2D eigenvalue weighted by Gasteiger charge is -2.30. The average molecular weight is 283 g/mol. The molecular weight excluding hydrogens is 254 g/mol. The summed E-state index contributed by atoms with van der Waals surface area (Å²) in [4.78, 5) is 0. The van der Waals surface area contributed by atoms with Gasteiger partial charge in [-0.25, -0.2) is 0 Å². The maximum Gasteiger partial charge on any atom is 0.00967 e. The molecule has 0 heterocycles. The number of fused-ring (bicyclic) bond motifs is 1. The summed E-state index contributed by atoms with van der Waals surface area (Å²) < 4.78 is 0. The molecule has 0 aromatic heterocycles. The van der Waals surface area contributed by atoms with Gasteiger partial charge in [-0.05, 0) is 55.4 Å². The van der Waals surface area contributed by atoms with Crippen molar-refractivity contribution in [2.75, 3.05) is 6.54 Å². The Kier molecular flexibility index (Phi) is 4.73. The molecular formula is C20H29N. The molecule has 0 saturated heterocycles. The van der Waals surface area contributed by atoms with E-state index in [-0.39, 0.29) is 5.54 Å². The molecule has 0 aliphatic rings. The van der Waals surface area contributed by atoms with Crippen LogP contribution in [0.1, 0.15) is 46.6 Å². The SMILES string of the molecule is CC(C)(CCc1cccc2ccccc12)CNC(C)(C)C. The zero-order valence-corrected chi connectivity index (χ0v) is 14.2. The van der Waals surface area contributed by atoms with Crippen molar-refractivity contribution < 1.29 is 0 Å². The average Bonchev–Trinajstić information content (AvgIpc) is 2.42. The van der Waals surface area contributed by atoms with Crippen molar-refractivity contribution in [3.63, 3.8) is 0 Å². The highest BCUT2D eigenvalue weighted by Gasteiger charge is 2.21. The van der Waals surface area contributed by atoms with E-state index in [0.717, 1.165) is 13.0 Å². The van der Waals surface area contributed by atoms with E-state index in [2.05, 4.69) is 82.4 Å². The van der Waals surface area contributed by atoms with Gasteiger partial charge in [-0.2, -0.15) is 0 Å². The molecule has 2 aromatic carbocycles. The van der Waals surface area contributed by atoms with Gasteiger partial charge in [0.1, 0.15) is 0 Å². The third-order valence-electron chi connectivity index (χ3n) is 4.05. The molecule has 21 heavy (non-hydrogen) atoms. The van der Waals surface area contributed by atoms with Crippen molar-refractivity contribution in [3.05, 3.63) is 48.0 Å². The van der Waals surface area contributed by atoms with Crippen LogP contribution in [0, 0.1) is 5.41 Å². The maximum absolute atomic E-state index is 3.64. The monoisotopic (exact) mass is 283 g/mol. The van der Waals surface area contributed by atoms with Gasteiger partial charge in [0.25, 0.3) is 0 Å². The quantitative estimate of drug-likeness (QED) is 0.796. The van der Waals surface area contributed by atoms with E-state index >= 15 is 0 Å². The molecule has 0 bridgehead atoms. The summed E-state index contributed by atoms with van der Waals surface area (Å²) in [6.07, 6.45) is 2.34. The second-order valence-electron chi connectivity index (χ2n) is 7.91. The maximum atomic E-state index is 3.64. The second-order valence-corrected chi connectivity index (χ2v) is 7.91. The number of hydrogen-bond acceptors (Lipinski definition) is 1. The molecule has 1 heteroatoms. The number of hydrogen-bond donors (Lipinski definition) is 1. The van der Waals surface area contributed by atoms with E-state index < -0.39 is 0 Å². The van der Waals surface area contributed by atoms with Crippen molar-refractivity contribution in [1.82, 2.24) is 5.32 Å². The molecule has 2 aromatic rings. The van der Waals surface area contributed by atoms with Crippen LogP contribution in [0.15, 0.2) is 42.5 Å². The van der Waals surface area contributed by atoms with Gasteiger partial charge in [-0.3, -0.25) is 0 Å². The first-order valence-corrected chi connectivity index (χ1v) is 7.99. The summed E-state index contributed by atoms with van der Waals surface area (Å²) in [6, 6.07) is 15.3. The predicted molar refractivity (Wildman–Crippen MR) is 93.8 cm³/mol. The van der Waals surface area contributed by atoms with Crippen LogP contribution in [0.4, 0.5) is 0 Å². The van der Waals surface area contributed by atoms with E-state index in [1.807, 2.05) is 0 Å². The number of aryl methyl sites for hydroxylation is 1. The summed E-state index contributed by atoms with van der Waals surface area (Å²) in [5.41, 5.74) is 1.97. The highest BCUT2D eigenvalue weighted by Crippen LogP contribution is 2.26. The van der Waals surface area contributed by atoms with Crippen LogP contribution in [0.2, 0.25) is 0 Å². The first-order valence-electron chi connectivity index (χ1n) is 7.99. The molecule has 0 unspecified atom stereocenters. The Labute approximate surface area is 129 Å². The van der Waals surface area contributed by atoms with Gasteiger partial charge in [0.15, 0.2) is 0 Å². The molecule has 0 saturated carbocycles. The first-order chi connectivity index (χ1) is 9.77. The summed E-state index contributed by atoms with van der Waals surface area (Å²) in [5, 5.41) is 6.39. The third-order valence-corrected chi connectivity index (χ3v) is 4.05. The fourth-order valence-electron chi connectivity index (χ4n) is 2.58. The van der Waals surface area contributed by atoms with E-state index in [0.29, 0.717) is 5.41 Å². The lowest BCUT2D eigenvalue weighted by atomic mass is 9.84. The molecule has 0 fully saturated rings. The van der Waals surface area contributed by atoms with Crippen LogP contribution in [0.25, 0.3) is 10.8 Å². The highest BCUT2D eigenvalue weighted by molar-refractivity contribution is 5.85. The molecule has 2 rings (SSSR count). The smallest absolute Gasteiger partial charge is 0.00967 e. The molecule has 0 aliphatic heterocycles. The highest BCUT2D eigenvalue weighted by atomic mass is 14.9. The Morgan fingerprint density at radius 3 is 2.24 bits per heavy atom. The molecule has 0 amide bonds. The normalized spacial score (nSPS) is 12.8. The van der Waals surface area contributed by atoms with Gasteiger partial charge in [0.2, 0.25) is 0 Å². The standard InChI is InChI=1S/C20H29N/c1-19(2,3)21-15-20(4,5)14-13-17-11-8-10-16-9-6-7-12-18(16)17/h6-12,21H,13-15H2,1-5H3. The van der Waals surface area contributed by atoms with Crippen molar-refractivity contribution in [3.8, 4) is 0 Å². The van der Waals surface area contributed by atoms with Crippen molar-refractivity contribution >= 4 is 10.8 Å². The Morgan fingerprint density at radius 1 is 0.857 bits per heavy atom. The summed E-state index contributed by atoms with van der Waals surface area (Å²) >= 11 is 0. The molecule has 114 valence electrons. The Hall–Kier alpha value is -1.34. The number of nitrogens with one attached hydrogen (secondary N) is 1. The fourth-order valence-corrected chi connectivity index (χ4v) is 2.58. The van der Waals surface area contributed by atoms with Crippen LogP contribution in [0.5, 0.6) is 0 Å². The molecule has 0 atom stereocenters. The van der Waals surface area contributed by atoms with Crippen molar-refractivity contribution in [1.29, 1.82) is 0 Å². The Balaban J connectivity index is 2.04. The van der Waals surface area contributed by atoms with Gasteiger partial charge < -0.3 is 5.32 Å². The van der Waals surface area contributed by atoms with Crippen LogP contribution >= 0.6 is 0 Å². The van der Waals surface area contributed by atoms with E-state index in [1.165, 1.54) is 22.8 Å². The summed E-state index contributed by atoms with van der Waals surface area (Å²) in [6.45, 7) is 12.5. The zero-order chi connectivity index (χ0) is 15.5. The predicted octanol–water partition coefficient (Wildman–Crippen LogP) is 5.19. The van der Waals surface area contributed by atoms with Crippen LogP contribution < -0.4 is 5.32 Å². The topological polar surface area (TPSA) is 12.0 Å². The van der Waals surface area contributed by atoms with Gasteiger partial charge in [0, 0.05) is 12.1 Å². The van der Waals surface area contributed by atoms with Gasteiger partial charge in [-0.1, -0.05) is 56.3 Å². The third kappa shape index (κ3) is 4.86. The van der Waals surface area contributed by atoms with Gasteiger partial charge in [-0.15, -0.1) is 0 Å². The fraction of sp³-hybridized carbons (Fsp3) is 0.500. The zero-order valence-electron chi connectivity index (χ0n) is 14.2. The molecule has 0 radical (unpaired) electrons. The van der Waals surface area contributed by atoms with Crippen LogP contribution in [0.3, 0.4) is 0 Å². The van der Waals surface area contributed by atoms with E-state index in [9.17, 15) is 0 Å². The first kappa shape index (κ1) is 16.0. The Morgan fingerprint density at radius 2 is 1.52 bits per heavy atom. The van der Waals surface area contributed by atoms with Crippen LogP contribution in [-0.4, -0.2) is 12.1 Å². The summed E-state index contributed by atoms with van der Waals surface area (Å²) in [7, 11) is 0. The minimum Gasteiger partial charge on any atom is -0.312 e. The minimum atomic E-state index is 0.191. The minimum absolute atomic E-state index is 0.191. The van der Waals surface area contributed by atoms with Crippen LogP contribution in [-0.2, 0) is 6.42 Å². The second kappa shape index (κ2) is 6.19. The lowest BCUT2D eigenvalue weighted by molar-refractivity contribution is 0.273.